The Morgan fingerprint density at radius 3 is 2.46 bits per heavy atom. The van der Waals surface area contributed by atoms with Gasteiger partial charge in [-0.05, 0) is 0 Å². The highest BCUT2D eigenvalue weighted by atomic mass is 16.5. The van der Waals surface area contributed by atoms with E-state index in [1.807, 2.05) is 0 Å². The molecule has 0 saturated heterocycles. The Labute approximate surface area is 73.5 Å². The van der Waals surface area contributed by atoms with Crippen molar-refractivity contribution in [3.63, 3.8) is 0 Å². The van der Waals surface area contributed by atoms with Gasteiger partial charge < -0.3 is 13.9 Å². The number of oxazole rings is 1. The zero-order valence-electron chi connectivity index (χ0n) is 7.07. The van der Waals surface area contributed by atoms with Crippen molar-refractivity contribution in [3.05, 3.63) is 17.8 Å². The predicted octanol–water partition coefficient (Wildman–Crippen LogP) is 0.248. The first kappa shape index (κ1) is 9.24. The van der Waals surface area contributed by atoms with Crippen molar-refractivity contribution in [3.8, 4) is 0 Å². The number of carbonyl (C=O) groups excluding carboxylic acids is 2. The first-order valence-electron chi connectivity index (χ1n) is 3.30. The molecular formula is C7H7NO5. The summed E-state index contributed by atoms with van der Waals surface area (Å²) in [4.78, 5) is 25.4. The summed E-state index contributed by atoms with van der Waals surface area (Å²) in [6.07, 6.45) is 0.971. The molecule has 0 bridgehead atoms. The average molecular weight is 185 g/mol. The number of hydrogen-bond acceptors (Lipinski definition) is 6. The third kappa shape index (κ3) is 1.66. The smallest absolute Gasteiger partial charge is 0.376 e. The van der Waals surface area contributed by atoms with Gasteiger partial charge in [0.1, 0.15) is 0 Å². The Kier molecular flexibility index (Phi) is 2.63. The molecule has 0 saturated carbocycles. The summed E-state index contributed by atoms with van der Waals surface area (Å²) in [6, 6.07) is 0. The standard InChI is InChI=1S/C7H7NO5/c1-11-6(9)4-5(7(10)12-2)13-3-8-4/h3H,1-2H3. The van der Waals surface area contributed by atoms with Crippen molar-refractivity contribution in [1.82, 2.24) is 4.98 Å². The minimum atomic E-state index is -0.766. The van der Waals surface area contributed by atoms with Crippen molar-refractivity contribution < 1.29 is 23.5 Å². The molecule has 0 radical (unpaired) electrons. The van der Waals surface area contributed by atoms with E-state index in [9.17, 15) is 9.59 Å². The molecule has 0 aromatic carbocycles. The molecular weight excluding hydrogens is 178 g/mol. The van der Waals surface area contributed by atoms with E-state index in [0.29, 0.717) is 0 Å². The second-order valence-electron chi connectivity index (χ2n) is 2.01. The molecule has 0 aliphatic rings. The first-order valence-corrected chi connectivity index (χ1v) is 3.30. The molecule has 70 valence electrons. The molecule has 0 atom stereocenters. The highest BCUT2D eigenvalue weighted by Gasteiger charge is 2.23. The number of carbonyl (C=O) groups is 2. The van der Waals surface area contributed by atoms with Crippen LogP contribution in [0.25, 0.3) is 0 Å². The van der Waals surface area contributed by atoms with Crippen LogP contribution in [-0.4, -0.2) is 31.1 Å². The third-order valence-corrected chi connectivity index (χ3v) is 1.32. The molecule has 1 heterocycles. The van der Waals surface area contributed by atoms with Gasteiger partial charge >= 0.3 is 11.9 Å². The Morgan fingerprint density at radius 1 is 1.31 bits per heavy atom. The summed E-state index contributed by atoms with van der Waals surface area (Å²) < 4.78 is 13.4. The molecule has 1 aromatic rings. The van der Waals surface area contributed by atoms with Crippen LogP contribution >= 0.6 is 0 Å². The molecule has 0 unspecified atom stereocenters. The maximum absolute atomic E-state index is 11.0. The van der Waals surface area contributed by atoms with Gasteiger partial charge in [-0.3, -0.25) is 0 Å². The van der Waals surface area contributed by atoms with Gasteiger partial charge in [-0.1, -0.05) is 0 Å². The van der Waals surface area contributed by atoms with Gasteiger partial charge in [-0.25, -0.2) is 14.6 Å². The molecule has 13 heavy (non-hydrogen) atoms. The molecule has 0 spiro atoms. The van der Waals surface area contributed by atoms with Gasteiger partial charge in [0.05, 0.1) is 14.2 Å². The van der Waals surface area contributed by atoms with Crippen molar-refractivity contribution in [2.24, 2.45) is 0 Å². The minimum absolute atomic E-state index is 0.186. The average Bonchev–Trinajstić information content (AvgIpc) is 2.63. The third-order valence-electron chi connectivity index (χ3n) is 1.32. The molecule has 6 nitrogen and oxygen atoms in total. The monoisotopic (exact) mass is 185 g/mol. The van der Waals surface area contributed by atoms with Crippen LogP contribution in [0, 0.1) is 0 Å². The summed E-state index contributed by atoms with van der Waals surface area (Å²) in [5, 5.41) is 0. The normalized spacial score (nSPS) is 9.38. The van der Waals surface area contributed by atoms with Crippen molar-refractivity contribution in [1.29, 1.82) is 0 Å². The van der Waals surface area contributed by atoms with E-state index in [2.05, 4.69) is 18.9 Å². The number of methoxy groups -OCH3 is 2. The maximum atomic E-state index is 11.0. The number of nitrogens with zero attached hydrogens (tertiary/aromatic N) is 1. The second-order valence-corrected chi connectivity index (χ2v) is 2.01. The van der Waals surface area contributed by atoms with Gasteiger partial charge in [-0.15, -0.1) is 0 Å². The zero-order chi connectivity index (χ0) is 9.84. The topological polar surface area (TPSA) is 78.6 Å². The number of ether oxygens (including phenoxy) is 2. The molecule has 0 aliphatic heterocycles. The van der Waals surface area contributed by atoms with Crippen LogP contribution < -0.4 is 0 Å². The summed E-state index contributed by atoms with van der Waals surface area (Å²) >= 11 is 0. The number of hydrogen-bond donors (Lipinski definition) is 0. The Hall–Kier alpha value is -1.85. The van der Waals surface area contributed by atoms with Crippen LogP contribution in [0.5, 0.6) is 0 Å². The number of aromatic nitrogens is 1. The first-order chi connectivity index (χ1) is 6.20. The fourth-order valence-electron chi connectivity index (χ4n) is 0.726. The van der Waals surface area contributed by atoms with Crippen LogP contribution in [0.4, 0.5) is 0 Å². The quantitative estimate of drug-likeness (QED) is 0.614. The van der Waals surface area contributed by atoms with Crippen LogP contribution in [0.15, 0.2) is 10.8 Å². The number of rotatable bonds is 2. The molecule has 0 amide bonds. The van der Waals surface area contributed by atoms with Gasteiger partial charge in [-0.2, -0.15) is 0 Å². The Balaban J connectivity index is 3.02. The molecule has 0 aliphatic carbocycles. The second kappa shape index (κ2) is 3.70. The summed E-state index contributed by atoms with van der Waals surface area (Å²) in [5.74, 6) is -1.76. The van der Waals surface area contributed by atoms with Crippen LogP contribution in [-0.2, 0) is 9.47 Å². The molecule has 0 fully saturated rings. The Morgan fingerprint density at radius 2 is 1.92 bits per heavy atom. The van der Waals surface area contributed by atoms with Gasteiger partial charge in [0.25, 0.3) is 0 Å². The van der Waals surface area contributed by atoms with Gasteiger partial charge in [0.15, 0.2) is 6.39 Å². The fourth-order valence-corrected chi connectivity index (χ4v) is 0.726. The highest BCUT2D eigenvalue weighted by Crippen LogP contribution is 2.08. The fraction of sp³-hybridized carbons (Fsp3) is 0.286. The predicted molar refractivity (Wildman–Crippen MR) is 39.2 cm³/mol. The van der Waals surface area contributed by atoms with Crippen LogP contribution in [0.1, 0.15) is 21.0 Å². The number of esters is 2. The maximum Gasteiger partial charge on any atom is 0.376 e. The van der Waals surface area contributed by atoms with Crippen LogP contribution in [0.3, 0.4) is 0 Å². The van der Waals surface area contributed by atoms with Gasteiger partial charge in [0.2, 0.25) is 11.5 Å². The van der Waals surface area contributed by atoms with Gasteiger partial charge in [0, 0.05) is 0 Å². The highest BCUT2D eigenvalue weighted by molar-refractivity contribution is 5.99. The lowest BCUT2D eigenvalue weighted by Gasteiger charge is -1.96. The largest absolute Gasteiger partial charge is 0.464 e. The summed E-state index contributed by atoms with van der Waals surface area (Å²) in [6.45, 7) is 0. The van der Waals surface area contributed by atoms with E-state index >= 15 is 0 Å². The molecule has 6 heteroatoms. The SMILES string of the molecule is COC(=O)c1ncoc1C(=O)OC. The lowest BCUT2D eigenvalue weighted by atomic mass is 10.3. The van der Waals surface area contributed by atoms with E-state index in [0.717, 1.165) is 6.39 Å². The van der Waals surface area contributed by atoms with E-state index in [1.54, 1.807) is 0 Å². The molecule has 1 rings (SSSR count). The zero-order valence-corrected chi connectivity index (χ0v) is 7.07. The summed E-state index contributed by atoms with van der Waals surface area (Å²) in [7, 11) is 2.35. The van der Waals surface area contributed by atoms with E-state index in [-0.39, 0.29) is 11.5 Å². The van der Waals surface area contributed by atoms with Crippen LogP contribution in [0.2, 0.25) is 0 Å². The van der Waals surface area contributed by atoms with Crippen molar-refractivity contribution in [2.45, 2.75) is 0 Å². The molecule has 1 aromatic heterocycles. The van der Waals surface area contributed by atoms with E-state index in [4.69, 9.17) is 0 Å². The minimum Gasteiger partial charge on any atom is -0.464 e. The van der Waals surface area contributed by atoms with E-state index < -0.39 is 11.9 Å². The lowest BCUT2D eigenvalue weighted by molar-refractivity contribution is 0.0526. The molecule has 0 N–H and O–H groups in total. The van der Waals surface area contributed by atoms with E-state index in [1.165, 1.54) is 14.2 Å². The Bertz CT molecular complexity index is 299. The van der Waals surface area contributed by atoms with Crippen molar-refractivity contribution in [2.75, 3.05) is 14.2 Å². The summed E-state index contributed by atoms with van der Waals surface area (Å²) in [5.41, 5.74) is -0.186. The van der Waals surface area contributed by atoms with Crippen molar-refractivity contribution >= 4 is 11.9 Å². The lowest BCUT2D eigenvalue weighted by Crippen LogP contribution is -2.10.